The standard InChI is InChI=1S/C17H22BrN3/c1-5-6-19-17-16(18)13(4)20-15(21-17)10-14-8-11(2)7-12(3)9-14/h7-9H,5-6,10H2,1-4H3,(H,19,20,21). The van der Waals surface area contributed by atoms with Gasteiger partial charge < -0.3 is 5.32 Å². The predicted octanol–water partition coefficient (Wildman–Crippen LogP) is 4.58. The molecule has 0 aliphatic carbocycles. The van der Waals surface area contributed by atoms with E-state index in [2.05, 4.69) is 70.2 Å². The van der Waals surface area contributed by atoms with Crippen LogP contribution in [-0.2, 0) is 6.42 Å². The molecule has 21 heavy (non-hydrogen) atoms. The van der Waals surface area contributed by atoms with E-state index in [9.17, 15) is 0 Å². The van der Waals surface area contributed by atoms with Crippen molar-refractivity contribution in [2.75, 3.05) is 11.9 Å². The molecule has 0 amide bonds. The average Bonchev–Trinajstić information content (AvgIpc) is 2.40. The van der Waals surface area contributed by atoms with Gasteiger partial charge in [-0.3, -0.25) is 0 Å². The molecule has 0 aliphatic heterocycles. The number of anilines is 1. The number of benzene rings is 1. The fraction of sp³-hybridized carbons (Fsp3) is 0.412. The van der Waals surface area contributed by atoms with Gasteiger partial charge in [-0.15, -0.1) is 0 Å². The van der Waals surface area contributed by atoms with Gasteiger partial charge in [0, 0.05) is 13.0 Å². The van der Waals surface area contributed by atoms with Gasteiger partial charge in [-0.2, -0.15) is 0 Å². The van der Waals surface area contributed by atoms with Crippen LogP contribution in [0.2, 0.25) is 0 Å². The highest BCUT2D eigenvalue weighted by molar-refractivity contribution is 9.10. The van der Waals surface area contributed by atoms with E-state index in [1.165, 1.54) is 16.7 Å². The molecular formula is C17H22BrN3. The molecule has 3 nitrogen and oxygen atoms in total. The molecule has 0 bridgehead atoms. The SMILES string of the molecule is CCCNc1nc(Cc2cc(C)cc(C)c2)nc(C)c1Br. The van der Waals surface area contributed by atoms with Crippen molar-refractivity contribution < 1.29 is 0 Å². The first-order chi connectivity index (χ1) is 9.99. The Labute approximate surface area is 135 Å². The van der Waals surface area contributed by atoms with Crippen molar-refractivity contribution in [1.82, 2.24) is 9.97 Å². The largest absolute Gasteiger partial charge is 0.369 e. The second kappa shape index (κ2) is 7.03. The van der Waals surface area contributed by atoms with E-state index in [0.717, 1.165) is 41.2 Å². The van der Waals surface area contributed by atoms with Crippen LogP contribution in [0.3, 0.4) is 0 Å². The average molecular weight is 348 g/mol. The lowest BCUT2D eigenvalue weighted by Gasteiger charge is -2.11. The van der Waals surface area contributed by atoms with E-state index < -0.39 is 0 Å². The van der Waals surface area contributed by atoms with Gasteiger partial charge in [-0.1, -0.05) is 36.2 Å². The maximum atomic E-state index is 4.66. The van der Waals surface area contributed by atoms with Crippen molar-refractivity contribution in [3.05, 3.63) is 50.9 Å². The second-order valence-electron chi connectivity index (χ2n) is 5.49. The summed E-state index contributed by atoms with van der Waals surface area (Å²) in [5.41, 5.74) is 4.80. The van der Waals surface area contributed by atoms with Gasteiger partial charge in [-0.25, -0.2) is 9.97 Å². The molecule has 0 unspecified atom stereocenters. The number of hydrogen-bond donors (Lipinski definition) is 1. The fourth-order valence-electron chi connectivity index (χ4n) is 2.41. The molecule has 1 aromatic carbocycles. The fourth-order valence-corrected chi connectivity index (χ4v) is 2.73. The van der Waals surface area contributed by atoms with E-state index in [1.807, 2.05) is 6.92 Å². The molecule has 0 saturated heterocycles. The third kappa shape index (κ3) is 4.27. The van der Waals surface area contributed by atoms with Crippen LogP contribution in [-0.4, -0.2) is 16.5 Å². The lowest BCUT2D eigenvalue weighted by molar-refractivity contribution is 0.909. The van der Waals surface area contributed by atoms with Crippen LogP contribution in [0.4, 0.5) is 5.82 Å². The molecule has 0 radical (unpaired) electrons. The zero-order valence-electron chi connectivity index (χ0n) is 13.1. The number of rotatable bonds is 5. The van der Waals surface area contributed by atoms with Crippen LogP contribution in [0.25, 0.3) is 0 Å². The third-order valence-corrected chi connectivity index (χ3v) is 4.20. The summed E-state index contributed by atoms with van der Waals surface area (Å²) in [4.78, 5) is 9.25. The van der Waals surface area contributed by atoms with Gasteiger partial charge in [0.25, 0.3) is 0 Å². The lowest BCUT2D eigenvalue weighted by atomic mass is 10.0. The van der Waals surface area contributed by atoms with Crippen LogP contribution in [0, 0.1) is 20.8 Å². The van der Waals surface area contributed by atoms with E-state index in [-0.39, 0.29) is 0 Å². The van der Waals surface area contributed by atoms with Crippen molar-refractivity contribution in [2.24, 2.45) is 0 Å². The van der Waals surface area contributed by atoms with Crippen molar-refractivity contribution >= 4 is 21.7 Å². The van der Waals surface area contributed by atoms with Crippen LogP contribution in [0.15, 0.2) is 22.7 Å². The molecule has 0 saturated carbocycles. The maximum Gasteiger partial charge on any atom is 0.144 e. The summed E-state index contributed by atoms with van der Waals surface area (Å²) in [7, 11) is 0. The van der Waals surface area contributed by atoms with Gasteiger partial charge in [0.15, 0.2) is 0 Å². The Bertz CT molecular complexity index is 618. The second-order valence-corrected chi connectivity index (χ2v) is 6.28. The van der Waals surface area contributed by atoms with Crippen molar-refractivity contribution in [2.45, 2.75) is 40.5 Å². The number of nitrogens with zero attached hydrogens (tertiary/aromatic N) is 2. The van der Waals surface area contributed by atoms with E-state index in [4.69, 9.17) is 0 Å². The summed E-state index contributed by atoms with van der Waals surface area (Å²) >= 11 is 3.57. The number of aromatic nitrogens is 2. The van der Waals surface area contributed by atoms with E-state index >= 15 is 0 Å². The molecule has 4 heteroatoms. The highest BCUT2D eigenvalue weighted by atomic mass is 79.9. The Kier molecular flexibility index (Phi) is 5.34. The van der Waals surface area contributed by atoms with Crippen molar-refractivity contribution in [3.8, 4) is 0 Å². The normalized spacial score (nSPS) is 10.7. The van der Waals surface area contributed by atoms with Gasteiger partial charge in [0.05, 0.1) is 10.2 Å². The summed E-state index contributed by atoms with van der Waals surface area (Å²) in [5.74, 6) is 1.75. The van der Waals surface area contributed by atoms with Crippen molar-refractivity contribution in [3.63, 3.8) is 0 Å². The molecule has 1 N–H and O–H groups in total. The van der Waals surface area contributed by atoms with Crippen LogP contribution in [0.5, 0.6) is 0 Å². The minimum Gasteiger partial charge on any atom is -0.369 e. The Balaban J connectivity index is 2.29. The topological polar surface area (TPSA) is 37.8 Å². The lowest BCUT2D eigenvalue weighted by Crippen LogP contribution is -2.08. The minimum atomic E-state index is 0.761. The zero-order chi connectivity index (χ0) is 15.4. The predicted molar refractivity (Wildman–Crippen MR) is 92.0 cm³/mol. The van der Waals surface area contributed by atoms with Crippen LogP contribution < -0.4 is 5.32 Å². The summed E-state index contributed by atoms with van der Waals surface area (Å²) in [6.07, 6.45) is 1.83. The molecule has 2 rings (SSSR count). The minimum absolute atomic E-state index is 0.761. The monoisotopic (exact) mass is 347 g/mol. The molecule has 0 spiro atoms. The van der Waals surface area contributed by atoms with Crippen LogP contribution >= 0.6 is 15.9 Å². The van der Waals surface area contributed by atoms with Crippen molar-refractivity contribution in [1.29, 1.82) is 0 Å². The smallest absolute Gasteiger partial charge is 0.144 e. The van der Waals surface area contributed by atoms with Gasteiger partial charge in [-0.05, 0) is 48.7 Å². The Morgan fingerprint density at radius 1 is 1.05 bits per heavy atom. The molecule has 112 valence electrons. The van der Waals surface area contributed by atoms with Gasteiger partial charge >= 0.3 is 0 Å². The number of nitrogens with one attached hydrogen (secondary N) is 1. The zero-order valence-corrected chi connectivity index (χ0v) is 14.7. The quantitative estimate of drug-likeness (QED) is 0.860. The number of hydrogen-bond acceptors (Lipinski definition) is 3. The third-order valence-electron chi connectivity index (χ3n) is 3.25. The molecule has 0 aliphatic rings. The van der Waals surface area contributed by atoms with E-state index in [1.54, 1.807) is 0 Å². The summed E-state index contributed by atoms with van der Waals surface area (Å²) in [6.45, 7) is 9.31. The maximum absolute atomic E-state index is 4.66. The summed E-state index contributed by atoms with van der Waals surface area (Å²) in [6, 6.07) is 6.59. The highest BCUT2D eigenvalue weighted by Crippen LogP contribution is 2.24. The molecule has 1 heterocycles. The van der Waals surface area contributed by atoms with Gasteiger partial charge in [0.1, 0.15) is 11.6 Å². The first-order valence-electron chi connectivity index (χ1n) is 7.33. The Morgan fingerprint density at radius 2 is 1.71 bits per heavy atom. The summed E-state index contributed by atoms with van der Waals surface area (Å²) in [5, 5.41) is 3.35. The molecule has 0 fully saturated rings. The summed E-state index contributed by atoms with van der Waals surface area (Å²) < 4.78 is 0.958. The molecule has 1 aromatic heterocycles. The Hall–Kier alpha value is -1.42. The van der Waals surface area contributed by atoms with Gasteiger partial charge in [0.2, 0.25) is 0 Å². The molecule has 2 aromatic rings. The van der Waals surface area contributed by atoms with E-state index in [0.29, 0.717) is 0 Å². The number of aryl methyl sites for hydroxylation is 3. The molecular weight excluding hydrogens is 326 g/mol. The molecule has 0 atom stereocenters. The first-order valence-corrected chi connectivity index (χ1v) is 8.13. The van der Waals surface area contributed by atoms with Crippen LogP contribution in [0.1, 0.15) is 41.6 Å². The number of halogens is 1. The Morgan fingerprint density at radius 3 is 2.33 bits per heavy atom. The highest BCUT2D eigenvalue weighted by Gasteiger charge is 2.10. The first kappa shape index (κ1) is 16.0.